The van der Waals surface area contributed by atoms with E-state index in [0.717, 1.165) is 105 Å². The van der Waals surface area contributed by atoms with Crippen molar-refractivity contribution >= 4 is 105 Å². The van der Waals surface area contributed by atoms with Crippen LogP contribution in [0.4, 0.5) is 11.4 Å². The van der Waals surface area contributed by atoms with E-state index in [1.807, 2.05) is 115 Å². The van der Waals surface area contributed by atoms with Crippen LogP contribution in [0.15, 0.2) is 185 Å². The second-order valence-corrected chi connectivity index (χ2v) is 15.8. The Morgan fingerprint density at radius 3 is 1.58 bits per heavy atom. The highest BCUT2D eigenvalue weighted by atomic mass is 79.9. The monoisotopic (exact) mass is 860 g/mol. The molecule has 0 aliphatic carbocycles. The van der Waals surface area contributed by atoms with Crippen molar-refractivity contribution in [3.8, 4) is 22.5 Å². The van der Waals surface area contributed by atoms with Crippen molar-refractivity contribution in [1.29, 1.82) is 0 Å². The van der Waals surface area contributed by atoms with E-state index in [2.05, 4.69) is 104 Å². The Balaban J connectivity index is 0.000000143. The Hall–Kier alpha value is -8.44. The smallest absolute Gasteiger partial charge is 0.219 e. The molecule has 8 aromatic carbocycles. The summed E-state index contributed by atoms with van der Waals surface area (Å²) in [5.41, 5.74) is 14.6. The van der Waals surface area contributed by atoms with E-state index in [0.29, 0.717) is 11.4 Å². The molecule has 13 rings (SSSR count). The summed E-state index contributed by atoms with van der Waals surface area (Å²) in [6.07, 6.45) is 0. The van der Waals surface area contributed by atoms with Crippen molar-refractivity contribution in [2.45, 2.75) is 0 Å². The van der Waals surface area contributed by atoms with Crippen molar-refractivity contribution in [2.75, 3.05) is 0 Å². The summed E-state index contributed by atoms with van der Waals surface area (Å²) in [5, 5.41) is 2.14. The lowest BCUT2D eigenvalue weighted by molar-refractivity contribution is 0.669. The molecular formula is C52H29BrN8O. The second kappa shape index (κ2) is 13.8. The summed E-state index contributed by atoms with van der Waals surface area (Å²) in [6.45, 7) is 15.6. The Morgan fingerprint density at radius 2 is 0.952 bits per heavy atom. The van der Waals surface area contributed by atoms with Gasteiger partial charge in [-0.25, -0.2) is 19.7 Å². The molecule has 0 aliphatic rings. The van der Waals surface area contributed by atoms with Crippen molar-refractivity contribution < 1.29 is 4.42 Å². The molecule has 0 N–H and O–H groups in total. The van der Waals surface area contributed by atoms with E-state index in [1.165, 1.54) is 0 Å². The van der Waals surface area contributed by atoms with Crippen molar-refractivity contribution in [2.24, 2.45) is 0 Å². The first-order chi connectivity index (χ1) is 30.6. The molecule has 0 fully saturated rings. The minimum absolute atomic E-state index is 0.574. The molecular weight excluding hydrogens is 833 g/mol. The fourth-order valence-corrected chi connectivity index (χ4v) is 9.47. The van der Waals surface area contributed by atoms with Gasteiger partial charge in [0.2, 0.25) is 22.9 Å². The summed E-state index contributed by atoms with van der Waals surface area (Å²) in [7, 11) is 0. The number of aromatic nitrogens is 6. The molecule has 0 bridgehead atoms. The summed E-state index contributed by atoms with van der Waals surface area (Å²) in [4.78, 5) is 17.6. The van der Waals surface area contributed by atoms with Crippen LogP contribution in [0.5, 0.6) is 0 Å². The van der Waals surface area contributed by atoms with Gasteiger partial charge in [-0.3, -0.25) is 17.9 Å². The van der Waals surface area contributed by atoms with Crippen molar-refractivity contribution in [1.82, 2.24) is 27.9 Å². The van der Waals surface area contributed by atoms with Gasteiger partial charge in [-0.1, -0.05) is 103 Å². The van der Waals surface area contributed by atoms with Gasteiger partial charge in [0.05, 0.1) is 68.7 Å². The Morgan fingerprint density at radius 1 is 0.452 bits per heavy atom. The Labute approximate surface area is 361 Å². The van der Waals surface area contributed by atoms with Crippen LogP contribution < -0.4 is 0 Å². The molecule has 9 nitrogen and oxygen atoms in total. The maximum atomic E-state index is 8.05. The Bertz CT molecular complexity index is 4050. The number of rotatable bonds is 3. The van der Waals surface area contributed by atoms with E-state index < -0.39 is 0 Å². The van der Waals surface area contributed by atoms with Crippen LogP contribution >= 0.6 is 15.9 Å². The molecule has 0 amide bonds. The largest absolute Gasteiger partial charge is 0.456 e. The number of nitrogens with zero attached hydrogens (tertiary/aromatic N) is 8. The standard InChI is InChI=1S/C32H18N4O.C20H11BrN4/c1-33-25-12-8-10-21(20-17-18-30-23(19-20)22-9-2-7-16-29(22)37-30)31(25)36-28-15-6-5-14-27(28)35-26-13-4-3-11-24(26)34-32(35)36;1-22-15-9-6-7-13(21)19(15)25-18-12-5-4-11-17(18)24-16-10-3-2-8-14(16)23-20(24)25/h2-19H;2-12H. The van der Waals surface area contributed by atoms with Gasteiger partial charge >= 0.3 is 0 Å². The molecule has 0 saturated carbocycles. The van der Waals surface area contributed by atoms with Crippen molar-refractivity contribution in [3.63, 3.8) is 0 Å². The molecule has 62 heavy (non-hydrogen) atoms. The van der Waals surface area contributed by atoms with Crippen LogP contribution in [-0.2, 0) is 0 Å². The molecule has 0 aliphatic heterocycles. The van der Waals surface area contributed by atoms with Gasteiger partial charge in [0.15, 0.2) is 0 Å². The number of fused-ring (bicyclic) bond motifs is 13. The van der Waals surface area contributed by atoms with Gasteiger partial charge < -0.3 is 4.42 Å². The number of furan rings is 1. The van der Waals surface area contributed by atoms with Crippen LogP contribution in [-0.4, -0.2) is 27.9 Å². The molecule has 13 aromatic rings. The van der Waals surface area contributed by atoms with E-state index in [-0.39, 0.29) is 0 Å². The van der Waals surface area contributed by atoms with Gasteiger partial charge in [-0.2, -0.15) is 0 Å². The average Bonchev–Trinajstić information content (AvgIpc) is 4.12. The maximum absolute atomic E-state index is 8.05. The average molecular weight is 862 g/mol. The highest BCUT2D eigenvalue weighted by molar-refractivity contribution is 9.10. The molecule has 10 heteroatoms. The van der Waals surface area contributed by atoms with Crippen LogP contribution in [0.3, 0.4) is 0 Å². The first-order valence-electron chi connectivity index (χ1n) is 19.9. The topological polar surface area (TPSA) is 66.3 Å². The molecule has 290 valence electrons. The van der Waals surface area contributed by atoms with E-state index in [4.69, 9.17) is 27.5 Å². The number of hydrogen-bond acceptors (Lipinski definition) is 3. The minimum atomic E-state index is 0.574. The zero-order chi connectivity index (χ0) is 41.5. The summed E-state index contributed by atoms with van der Waals surface area (Å²) in [6, 6.07) is 58.6. The zero-order valence-electron chi connectivity index (χ0n) is 32.6. The molecule has 0 radical (unpaired) electrons. The van der Waals surface area contributed by atoms with Crippen LogP contribution in [0.1, 0.15) is 0 Å². The SMILES string of the molecule is [C-]#[N+]c1cccc(-c2ccc3oc4ccccc4c3c2)c1-n1c2ccccc2n2c3ccccc3nc12.[C-]#[N+]c1cccc(Br)c1-n1c2ccccc2n2c3ccccc3nc12. The van der Waals surface area contributed by atoms with Gasteiger partial charge in [-0.05, 0) is 99.9 Å². The van der Waals surface area contributed by atoms with Crippen LogP contribution in [0, 0.1) is 13.1 Å². The molecule has 0 unspecified atom stereocenters. The van der Waals surface area contributed by atoms with Gasteiger partial charge in [0.25, 0.3) is 0 Å². The van der Waals surface area contributed by atoms with Crippen molar-refractivity contribution in [3.05, 3.63) is 203 Å². The third-order valence-electron chi connectivity index (χ3n) is 11.6. The van der Waals surface area contributed by atoms with E-state index in [9.17, 15) is 0 Å². The predicted octanol–water partition coefficient (Wildman–Crippen LogP) is 14.3. The highest BCUT2D eigenvalue weighted by Gasteiger charge is 2.23. The maximum Gasteiger partial charge on any atom is 0.219 e. The lowest BCUT2D eigenvalue weighted by atomic mass is 10.00. The van der Waals surface area contributed by atoms with Gasteiger partial charge in [0, 0.05) is 15.2 Å². The first-order valence-corrected chi connectivity index (χ1v) is 20.7. The van der Waals surface area contributed by atoms with Crippen LogP contribution in [0.2, 0.25) is 0 Å². The minimum Gasteiger partial charge on any atom is -0.456 e. The fraction of sp³-hybridized carbons (Fsp3) is 0. The molecule has 0 spiro atoms. The Kier molecular flexibility index (Phi) is 7.91. The predicted molar refractivity (Wildman–Crippen MR) is 252 cm³/mol. The molecule has 0 atom stereocenters. The summed E-state index contributed by atoms with van der Waals surface area (Å²) < 4.78 is 15.5. The third kappa shape index (κ3) is 5.18. The lowest BCUT2D eigenvalue weighted by Crippen LogP contribution is -1.99. The number of para-hydroxylation sites is 11. The fourth-order valence-electron chi connectivity index (χ4n) is 8.94. The van der Waals surface area contributed by atoms with E-state index >= 15 is 0 Å². The third-order valence-corrected chi connectivity index (χ3v) is 12.2. The van der Waals surface area contributed by atoms with Gasteiger partial charge in [0.1, 0.15) is 11.2 Å². The first kappa shape index (κ1) is 35.5. The second-order valence-electron chi connectivity index (χ2n) is 14.9. The summed E-state index contributed by atoms with van der Waals surface area (Å²) in [5.74, 6) is 1.59. The zero-order valence-corrected chi connectivity index (χ0v) is 34.2. The number of imidazole rings is 4. The summed E-state index contributed by atoms with van der Waals surface area (Å²) >= 11 is 3.62. The molecule has 0 saturated heterocycles. The highest BCUT2D eigenvalue weighted by Crippen LogP contribution is 2.42. The number of benzene rings is 8. The van der Waals surface area contributed by atoms with E-state index in [1.54, 1.807) is 0 Å². The normalized spacial score (nSPS) is 11.6. The number of halogens is 1. The molecule has 5 aromatic heterocycles. The quantitative estimate of drug-likeness (QED) is 0.166. The number of hydrogen-bond donors (Lipinski definition) is 0. The van der Waals surface area contributed by atoms with Crippen LogP contribution in [0.25, 0.3) is 110 Å². The molecule has 5 heterocycles. The lowest BCUT2D eigenvalue weighted by Gasteiger charge is -2.14. The van der Waals surface area contributed by atoms with Gasteiger partial charge in [-0.15, -0.1) is 0 Å².